The zero-order valence-electron chi connectivity index (χ0n) is 13.9. The number of nitro benzene ring substituents is 1. The van der Waals surface area contributed by atoms with Crippen molar-refractivity contribution in [1.82, 2.24) is 4.98 Å². The van der Waals surface area contributed by atoms with E-state index in [0.717, 1.165) is 0 Å². The van der Waals surface area contributed by atoms with Crippen molar-refractivity contribution in [3.63, 3.8) is 0 Å². The van der Waals surface area contributed by atoms with Crippen molar-refractivity contribution in [2.75, 3.05) is 17.2 Å². The molecule has 0 aliphatic rings. The van der Waals surface area contributed by atoms with E-state index in [2.05, 4.69) is 15.6 Å². The quantitative estimate of drug-likeness (QED) is 0.496. The number of para-hydroxylation sites is 1. The maximum absolute atomic E-state index is 12.7. The number of anilines is 2. The highest BCUT2D eigenvalue weighted by atomic mass is 32.1. The first kappa shape index (κ1) is 17.6. The molecule has 0 aliphatic carbocycles. The van der Waals surface area contributed by atoms with Gasteiger partial charge < -0.3 is 10.6 Å². The summed E-state index contributed by atoms with van der Waals surface area (Å²) in [6.45, 7) is 2.61. The van der Waals surface area contributed by atoms with Crippen LogP contribution in [0.15, 0.2) is 54.6 Å². The highest BCUT2D eigenvalue weighted by Gasteiger charge is 2.20. The summed E-state index contributed by atoms with van der Waals surface area (Å²) in [5.74, 6) is -0.272. The van der Waals surface area contributed by atoms with Crippen LogP contribution in [-0.4, -0.2) is 22.4 Å². The van der Waals surface area contributed by atoms with Crippen molar-refractivity contribution >= 4 is 33.8 Å². The van der Waals surface area contributed by atoms with Crippen LogP contribution in [0.1, 0.15) is 16.6 Å². The van der Waals surface area contributed by atoms with Gasteiger partial charge in [0.2, 0.25) is 0 Å². The summed E-state index contributed by atoms with van der Waals surface area (Å²) in [6, 6.07) is 15.2. The summed E-state index contributed by atoms with van der Waals surface area (Å²) in [6.07, 6.45) is 0. The summed E-state index contributed by atoms with van der Waals surface area (Å²) in [7, 11) is 0. The molecule has 0 saturated heterocycles. The molecular weight excluding hydrogens is 352 g/mol. The number of nitrogens with zero attached hydrogens (tertiary/aromatic N) is 2. The molecule has 1 amide bonds. The van der Waals surface area contributed by atoms with E-state index in [1.807, 2.05) is 25.1 Å². The maximum atomic E-state index is 12.7. The van der Waals surface area contributed by atoms with Gasteiger partial charge in [-0.05, 0) is 31.2 Å². The lowest BCUT2D eigenvalue weighted by Gasteiger charge is -2.05. The number of carbonyl (C=O) groups is 1. The standard InChI is InChI=1S/C18H16N4O3S/c1-2-19-18-21-15(12-8-10-14(11-9-12)22(24)25)16(26-18)17(23)20-13-6-4-3-5-7-13/h3-11H,2H2,1H3,(H,19,21)(H,20,23). The Morgan fingerprint density at radius 1 is 1.15 bits per heavy atom. The highest BCUT2D eigenvalue weighted by molar-refractivity contribution is 7.18. The molecule has 3 rings (SSSR count). The molecule has 2 aromatic carbocycles. The molecule has 1 aromatic heterocycles. The third kappa shape index (κ3) is 3.86. The third-order valence-corrected chi connectivity index (χ3v) is 4.56. The van der Waals surface area contributed by atoms with Gasteiger partial charge in [0.25, 0.3) is 11.6 Å². The van der Waals surface area contributed by atoms with E-state index < -0.39 is 4.92 Å². The highest BCUT2D eigenvalue weighted by Crippen LogP contribution is 2.32. The largest absolute Gasteiger partial charge is 0.362 e. The monoisotopic (exact) mass is 368 g/mol. The first-order valence-electron chi connectivity index (χ1n) is 7.94. The lowest BCUT2D eigenvalue weighted by molar-refractivity contribution is -0.384. The van der Waals surface area contributed by atoms with Crippen LogP contribution in [0.3, 0.4) is 0 Å². The van der Waals surface area contributed by atoms with E-state index in [9.17, 15) is 14.9 Å². The number of thiazole rings is 1. The van der Waals surface area contributed by atoms with E-state index in [1.54, 1.807) is 24.3 Å². The van der Waals surface area contributed by atoms with Crippen LogP contribution in [-0.2, 0) is 0 Å². The first-order valence-corrected chi connectivity index (χ1v) is 8.76. The van der Waals surface area contributed by atoms with Gasteiger partial charge in [0.15, 0.2) is 5.13 Å². The van der Waals surface area contributed by atoms with Gasteiger partial charge in [-0.3, -0.25) is 14.9 Å². The van der Waals surface area contributed by atoms with Gasteiger partial charge in [0.1, 0.15) is 4.88 Å². The summed E-state index contributed by atoms with van der Waals surface area (Å²) < 4.78 is 0. The molecule has 0 radical (unpaired) electrons. The topological polar surface area (TPSA) is 97.2 Å². The lowest BCUT2D eigenvalue weighted by atomic mass is 10.1. The van der Waals surface area contributed by atoms with Gasteiger partial charge in [-0.2, -0.15) is 0 Å². The number of aromatic nitrogens is 1. The predicted octanol–water partition coefficient (Wildman–Crippen LogP) is 4.40. The van der Waals surface area contributed by atoms with Gasteiger partial charge in [0, 0.05) is 29.9 Å². The summed E-state index contributed by atoms with van der Waals surface area (Å²) >= 11 is 1.25. The average Bonchev–Trinajstić information content (AvgIpc) is 3.07. The Bertz CT molecular complexity index is 923. The van der Waals surface area contributed by atoms with Crippen molar-refractivity contribution in [2.45, 2.75) is 6.92 Å². The fraction of sp³-hybridized carbons (Fsp3) is 0.111. The second-order valence-electron chi connectivity index (χ2n) is 5.35. The van der Waals surface area contributed by atoms with Gasteiger partial charge in [-0.15, -0.1) is 0 Å². The maximum Gasteiger partial charge on any atom is 0.269 e. The second kappa shape index (κ2) is 7.75. The molecule has 8 heteroatoms. The number of amides is 1. The van der Waals surface area contributed by atoms with Crippen LogP contribution >= 0.6 is 11.3 Å². The van der Waals surface area contributed by atoms with Crippen LogP contribution < -0.4 is 10.6 Å². The van der Waals surface area contributed by atoms with Crippen molar-refractivity contribution in [2.24, 2.45) is 0 Å². The van der Waals surface area contributed by atoms with Crippen LogP contribution in [0, 0.1) is 10.1 Å². The lowest BCUT2D eigenvalue weighted by Crippen LogP contribution is -2.11. The zero-order valence-corrected chi connectivity index (χ0v) is 14.7. The number of hydrogen-bond acceptors (Lipinski definition) is 6. The molecule has 0 spiro atoms. The van der Waals surface area contributed by atoms with Crippen LogP contribution in [0.2, 0.25) is 0 Å². The number of non-ortho nitro benzene ring substituents is 1. The number of rotatable bonds is 6. The number of hydrogen-bond donors (Lipinski definition) is 2. The Labute approximate surface area is 153 Å². The van der Waals surface area contributed by atoms with E-state index in [4.69, 9.17) is 0 Å². The molecule has 3 aromatic rings. The van der Waals surface area contributed by atoms with Crippen LogP contribution in [0.5, 0.6) is 0 Å². The number of benzene rings is 2. The molecule has 0 atom stereocenters. The number of nitro groups is 1. The molecule has 0 fully saturated rings. The van der Waals surface area contributed by atoms with Gasteiger partial charge >= 0.3 is 0 Å². The smallest absolute Gasteiger partial charge is 0.269 e. The Morgan fingerprint density at radius 2 is 1.85 bits per heavy atom. The molecule has 0 unspecified atom stereocenters. The van der Waals surface area contributed by atoms with Gasteiger partial charge in [-0.25, -0.2) is 4.98 Å². The molecule has 0 aliphatic heterocycles. The molecule has 1 heterocycles. The second-order valence-corrected chi connectivity index (χ2v) is 6.35. The Hall–Kier alpha value is -3.26. The molecule has 2 N–H and O–H groups in total. The summed E-state index contributed by atoms with van der Waals surface area (Å²) in [5.41, 5.74) is 1.82. The van der Waals surface area contributed by atoms with Crippen LogP contribution in [0.25, 0.3) is 11.3 Å². The molecule has 0 saturated carbocycles. The van der Waals surface area contributed by atoms with E-state index in [0.29, 0.717) is 33.5 Å². The van der Waals surface area contributed by atoms with E-state index in [1.165, 1.54) is 23.5 Å². The first-order chi connectivity index (χ1) is 12.6. The SMILES string of the molecule is CCNc1nc(-c2ccc([N+](=O)[O-])cc2)c(C(=O)Nc2ccccc2)s1. The van der Waals surface area contributed by atoms with Crippen molar-refractivity contribution < 1.29 is 9.72 Å². The molecule has 7 nitrogen and oxygen atoms in total. The summed E-state index contributed by atoms with van der Waals surface area (Å²) in [5, 5.41) is 17.4. The molecule has 26 heavy (non-hydrogen) atoms. The summed E-state index contributed by atoms with van der Waals surface area (Å²) in [4.78, 5) is 28.0. The van der Waals surface area contributed by atoms with E-state index >= 15 is 0 Å². The van der Waals surface area contributed by atoms with Gasteiger partial charge in [-0.1, -0.05) is 29.5 Å². The zero-order chi connectivity index (χ0) is 18.5. The van der Waals surface area contributed by atoms with Crippen molar-refractivity contribution in [1.29, 1.82) is 0 Å². The minimum Gasteiger partial charge on any atom is -0.362 e. The van der Waals surface area contributed by atoms with Crippen LogP contribution in [0.4, 0.5) is 16.5 Å². The van der Waals surface area contributed by atoms with Gasteiger partial charge in [0.05, 0.1) is 10.6 Å². The minimum atomic E-state index is -0.460. The van der Waals surface area contributed by atoms with E-state index in [-0.39, 0.29) is 11.6 Å². The van der Waals surface area contributed by atoms with Crippen molar-refractivity contribution in [3.8, 4) is 11.3 Å². The fourth-order valence-electron chi connectivity index (χ4n) is 2.35. The Balaban J connectivity index is 1.96. The number of carbonyl (C=O) groups excluding carboxylic acids is 1. The number of nitrogens with one attached hydrogen (secondary N) is 2. The Morgan fingerprint density at radius 3 is 2.46 bits per heavy atom. The Kier molecular flexibility index (Phi) is 5.23. The molecule has 0 bridgehead atoms. The fourth-order valence-corrected chi connectivity index (χ4v) is 3.30. The molecular formula is C18H16N4O3S. The normalized spacial score (nSPS) is 10.3. The average molecular weight is 368 g/mol. The predicted molar refractivity (Wildman–Crippen MR) is 103 cm³/mol. The van der Waals surface area contributed by atoms with Crippen molar-refractivity contribution in [3.05, 3.63) is 69.6 Å². The third-order valence-electron chi connectivity index (χ3n) is 3.54. The minimum absolute atomic E-state index is 0.00817. The molecule has 132 valence electrons.